The third-order valence-electron chi connectivity index (χ3n) is 6.65. The van der Waals surface area contributed by atoms with Gasteiger partial charge in [0.15, 0.2) is 0 Å². The Labute approximate surface area is 200 Å². The molecule has 1 amide bonds. The molecule has 11 heteroatoms. The second-order valence-corrected chi connectivity index (χ2v) is 11.1. The summed E-state index contributed by atoms with van der Waals surface area (Å²) in [4.78, 5) is 14.7. The number of rotatable bonds is 7. The van der Waals surface area contributed by atoms with Crippen molar-refractivity contribution in [3.8, 4) is 5.69 Å². The molecule has 1 saturated carbocycles. The van der Waals surface area contributed by atoms with Crippen molar-refractivity contribution >= 4 is 21.9 Å². The summed E-state index contributed by atoms with van der Waals surface area (Å²) in [6.07, 6.45) is 5.17. The summed E-state index contributed by atoms with van der Waals surface area (Å²) in [7, 11) is -1.81. The zero-order valence-corrected chi connectivity index (χ0v) is 20.6. The van der Waals surface area contributed by atoms with E-state index >= 15 is 0 Å². The predicted molar refractivity (Wildman–Crippen MR) is 128 cm³/mol. The number of anilines is 1. The first-order chi connectivity index (χ1) is 16.2. The van der Waals surface area contributed by atoms with Crippen LogP contribution in [-0.2, 0) is 15.0 Å². The van der Waals surface area contributed by atoms with Crippen LogP contribution >= 0.6 is 0 Å². The minimum Gasteiger partial charge on any atom is -0.309 e. The lowest BCUT2D eigenvalue weighted by Crippen LogP contribution is -2.55. The Morgan fingerprint density at radius 2 is 1.76 bits per heavy atom. The molecule has 1 aliphatic heterocycles. The lowest BCUT2D eigenvalue weighted by atomic mass is 9.96. The van der Waals surface area contributed by atoms with Gasteiger partial charge in [0.2, 0.25) is 5.91 Å². The van der Waals surface area contributed by atoms with E-state index in [1.165, 1.54) is 22.9 Å². The molecule has 2 heterocycles. The van der Waals surface area contributed by atoms with Gasteiger partial charge in [-0.2, -0.15) is 22.1 Å². The van der Waals surface area contributed by atoms with E-state index in [-0.39, 0.29) is 24.3 Å². The van der Waals surface area contributed by atoms with Gasteiger partial charge in [0.1, 0.15) is 11.6 Å². The van der Waals surface area contributed by atoms with Gasteiger partial charge >= 0.3 is 0 Å². The van der Waals surface area contributed by atoms with Crippen LogP contribution < -0.4 is 5.32 Å². The van der Waals surface area contributed by atoms with Crippen molar-refractivity contribution in [2.45, 2.75) is 45.1 Å². The molecular formula is C23H33FN6O3S. The van der Waals surface area contributed by atoms with E-state index in [4.69, 9.17) is 0 Å². The number of amides is 1. The van der Waals surface area contributed by atoms with Gasteiger partial charge in [-0.3, -0.25) is 9.69 Å². The molecule has 2 fully saturated rings. The number of benzene rings is 1. The summed E-state index contributed by atoms with van der Waals surface area (Å²) in [6, 6.07) is 7.72. The van der Waals surface area contributed by atoms with Gasteiger partial charge in [0, 0.05) is 45.3 Å². The Bertz CT molecular complexity index is 1090. The molecule has 2 aromatic rings. The fourth-order valence-corrected chi connectivity index (χ4v) is 6.26. The zero-order valence-electron chi connectivity index (χ0n) is 19.8. The van der Waals surface area contributed by atoms with Crippen LogP contribution in [0.4, 0.5) is 10.2 Å². The van der Waals surface area contributed by atoms with Gasteiger partial charge in [-0.25, -0.2) is 9.07 Å². The third-order valence-corrected chi connectivity index (χ3v) is 8.69. The number of nitrogens with zero attached hydrogens (tertiary/aromatic N) is 5. The van der Waals surface area contributed by atoms with Crippen molar-refractivity contribution in [1.29, 1.82) is 0 Å². The largest absolute Gasteiger partial charge is 0.309 e. The number of carbonyl (C=O) groups excluding carboxylic acids is 1. The molecule has 9 nitrogen and oxygen atoms in total. The number of halogens is 1. The van der Waals surface area contributed by atoms with Gasteiger partial charge in [0.05, 0.1) is 17.9 Å². The molecule has 1 N–H and O–H groups in total. The average molecular weight is 493 g/mol. The first-order valence-corrected chi connectivity index (χ1v) is 13.2. The smallest absolute Gasteiger partial charge is 0.282 e. The molecule has 186 valence electrons. The highest BCUT2D eigenvalue weighted by Crippen LogP contribution is 2.25. The summed E-state index contributed by atoms with van der Waals surface area (Å²) >= 11 is 0. The van der Waals surface area contributed by atoms with Crippen molar-refractivity contribution in [1.82, 2.24) is 23.3 Å². The number of nitrogens with one attached hydrogen (secondary N) is 1. The molecule has 0 atom stereocenters. The quantitative estimate of drug-likeness (QED) is 0.641. The Balaban J connectivity index is 1.32. The molecule has 1 saturated heterocycles. The Morgan fingerprint density at radius 1 is 1.12 bits per heavy atom. The van der Waals surface area contributed by atoms with E-state index in [9.17, 15) is 17.6 Å². The molecule has 4 rings (SSSR count). The topological polar surface area (TPSA) is 90.8 Å². The monoisotopic (exact) mass is 492 g/mol. The van der Waals surface area contributed by atoms with Crippen molar-refractivity contribution < 1.29 is 17.6 Å². The fourth-order valence-electron chi connectivity index (χ4n) is 4.69. The highest BCUT2D eigenvalue weighted by Gasteiger charge is 2.34. The maximum atomic E-state index is 13.3. The molecule has 1 aromatic carbocycles. The molecule has 0 unspecified atom stereocenters. The van der Waals surface area contributed by atoms with Gasteiger partial charge in [0.25, 0.3) is 10.2 Å². The normalized spacial score (nSPS) is 18.9. The van der Waals surface area contributed by atoms with Crippen LogP contribution in [0.5, 0.6) is 0 Å². The van der Waals surface area contributed by atoms with Crippen LogP contribution in [0.2, 0.25) is 0 Å². The molecule has 0 bridgehead atoms. The van der Waals surface area contributed by atoms with Crippen molar-refractivity contribution in [2.75, 3.05) is 45.1 Å². The van der Waals surface area contributed by atoms with Crippen LogP contribution in [-0.4, -0.2) is 83.4 Å². The molecule has 34 heavy (non-hydrogen) atoms. The van der Waals surface area contributed by atoms with Crippen molar-refractivity contribution in [3.63, 3.8) is 0 Å². The average Bonchev–Trinajstić information content (AvgIpc) is 3.19. The van der Waals surface area contributed by atoms with Crippen LogP contribution in [0.1, 0.15) is 37.8 Å². The first-order valence-electron chi connectivity index (χ1n) is 11.8. The molecule has 0 radical (unpaired) electrons. The van der Waals surface area contributed by atoms with Gasteiger partial charge in [-0.15, -0.1) is 0 Å². The Morgan fingerprint density at radius 3 is 2.41 bits per heavy atom. The summed E-state index contributed by atoms with van der Waals surface area (Å²) in [5, 5.41) is 7.27. The lowest BCUT2D eigenvalue weighted by Gasteiger charge is -2.38. The highest BCUT2D eigenvalue weighted by atomic mass is 32.2. The van der Waals surface area contributed by atoms with Crippen LogP contribution in [0.3, 0.4) is 0 Å². The number of carbonyl (C=O) groups is 1. The van der Waals surface area contributed by atoms with Crippen LogP contribution in [0.15, 0.2) is 30.3 Å². The number of hydrogen-bond donors (Lipinski definition) is 1. The number of aryl methyl sites for hydroxylation is 1. The van der Waals surface area contributed by atoms with Gasteiger partial charge in [-0.05, 0) is 44.0 Å². The summed E-state index contributed by atoms with van der Waals surface area (Å²) in [5.41, 5.74) is 1.37. The van der Waals surface area contributed by atoms with Gasteiger partial charge in [-0.1, -0.05) is 19.3 Å². The standard InChI is InChI=1S/C23H33FN6O3S/c1-18-16-22(30(26-18)21-10-8-19(24)9-11-21)25-23(31)17-28-12-14-29(15-13-28)34(32,33)27(2)20-6-4-3-5-7-20/h8-11,16,20H,3-7,12-15,17H2,1-2H3,(H,25,31). The number of piperazine rings is 1. The Kier molecular flexibility index (Phi) is 7.66. The SMILES string of the molecule is Cc1cc(NC(=O)CN2CCN(S(=O)(=O)N(C)C3CCCCC3)CC2)n(-c2ccc(F)cc2)n1. The predicted octanol–water partition coefficient (Wildman–Crippen LogP) is 2.39. The molecule has 1 aromatic heterocycles. The van der Waals surface area contributed by atoms with E-state index in [0.29, 0.717) is 37.7 Å². The number of hydrogen-bond acceptors (Lipinski definition) is 5. The van der Waals surface area contributed by atoms with Crippen LogP contribution in [0.25, 0.3) is 5.69 Å². The van der Waals surface area contributed by atoms with E-state index in [1.54, 1.807) is 34.2 Å². The lowest BCUT2D eigenvalue weighted by molar-refractivity contribution is -0.117. The van der Waals surface area contributed by atoms with E-state index in [0.717, 1.165) is 31.4 Å². The maximum Gasteiger partial charge on any atom is 0.282 e. The minimum absolute atomic E-state index is 0.0805. The number of aromatic nitrogens is 2. The van der Waals surface area contributed by atoms with E-state index in [1.807, 2.05) is 11.8 Å². The second-order valence-electron chi connectivity index (χ2n) is 9.10. The highest BCUT2D eigenvalue weighted by molar-refractivity contribution is 7.86. The molecular weight excluding hydrogens is 459 g/mol. The zero-order chi connectivity index (χ0) is 24.3. The van der Waals surface area contributed by atoms with E-state index < -0.39 is 10.2 Å². The minimum atomic E-state index is -3.50. The molecule has 2 aliphatic rings. The fraction of sp³-hybridized carbons (Fsp3) is 0.565. The summed E-state index contributed by atoms with van der Waals surface area (Å²) in [5.74, 6) is -0.0485. The Hall–Kier alpha value is -2.34. The first kappa shape index (κ1) is 24.8. The second kappa shape index (κ2) is 10.5. The van der Waals surface area contributed by atoms with E-state index in [2.05, 4.69) is 10.4 Å². The summed E-state index contributed by atoms with van der Waals surface area (Å²) in [6.45, 7) is 3.67. The van der Waals surface area contributed by atoms with Crippen molar-refractivity contribution in [2.24, 2.45) is 0 Å². The molecule has 1 aliphatic carbocycles. The maximum absolute atomic E-state index is 13.3. The van der Waals surface area contributed by atoms with Crippen molar-refractivity contribution in [3.05, 3.63) is 41.8 Å². The molecule has 0 spiro atoms. The van der Waals surface area contributed by atoms with Gasteiger partial charge < -0.3 is 5.32 Å². The summed E-state index contributed by atoms with van der Waals surface area (Å²) < 4.78 is 44.1. The third kappa shape index (κ3) is 5.65. The van der Waals surface area contributed by atoms with Crippen LogP contribution in [0, 0.1) is 12.7 Å².